The van der Waals surface area contributed by atoms with Gasteiger partial charge in [0, 0.05) is 25.1 Å². The van der Waals surface area contributed by atoms with Crippen molar-refractivity contribution in [3.05, 3.63) is 41.7 Å². The van der Waals surface area contributed by atoms with E-state index in [9.17, 15) is 17.6 Å². The Kier molecular flexibility index (Phi) is 6.19. The van der Waals surface area contributed by atoms with Crippen molar-refractivity contribution in [3.63, 3.8) is 0 Å². The Morgan fingerprint density at radius 2 is 2.07 bits per heavy atom. The minimum atomic E-state index is -4.44. The Hall–Kier alpha value is -2.20. The van der Waals surface area contributed by atoms with Crippen LogP contribution in [0.4, 0.5) is 17.6 Å². The van der Waals surface area contributed by atoms with Crippen LogP contribution in [0.2, 0.25) is 0 Å². The molecule has 2 aromatic rings. The van der Waals surface area contributed by atoms with E-state index in [1.807, 2.05) is 0 Å². The zero-order valence-corrected chi connectivity index (χ0v) is 15.3. The summed E-state index contributed by atoms with van der Waals surface area (Å²) in [4.78, 5) is 4.29. The Morgan fingerprint density at radius 3 is 2.75 bits per heavy atom. The minimum absolute atomic E-state index is 0.104. The summed E-state index contributed by atoms with van der Waals surface area (Å²) in [7, 11) is 1.53. The molecule has 10 heteroatoms. The number of benzene rings is 1. The van der Waals surface area contributed by atoms with Gasteiger partial charge < -0.3 is 15.2 Å². The van der Waals surface area contributed by atoms with Crippen molar-refractivity contribution in [2.45, 2.75) is 56.7 Å². The lowest BCUT2D eigenvalue weighted by Gasteiger charge is -2.32. The summed E-state index contributed by atoms with van der Waals surface area (Å²) in [6.45, 7) is -1.41. The number of hydrogen-bond donors (Lipinski definition) is 1. The van der Waals surface area contributed by atoms with E-state index in [1.54, 1.807) is 6.07 Å². The second-order valence-electron chi connectivity index (χ2n) is 6.85. The van der Waals surface area contributed by atoms with Gasteiger partial charge in [-0.2, -0.15) is 18.3 Å². The topological polar surface area (TPSA) is 75.2 Å². The maximum absolute atomic E-state index is 13.2. The van der Waals surface area contributed by atoms with Gasteiger partial charge in [-0.15, -0.1) is 0 Å². The molecule has 1 aliphatic carbocycles. The largest absolute Gasteiger partial charge is 0.485 e. The minimum Gasteiger partial charge on any atom is -0.485 e. The van der Waals surface area contributed by atoms with E-state index >= 15 is 0 Å². The predicted molar refractivity (Wildman–Crippen MR) is 92.2 cm³/mol. The third-order valence-electron chi connectivity index (χ3n) is 4.75. The maximum Gasteiger partial charge on any atom is 0.408 e. The monoisotopic (exact) mass is 402 g/mol. The maximum atomic E-state index is 13.2. The highest BCUT2D eigenvalue weighted by atomic mass is 19.4. The van der Waals surface area contributed by atoms with Gasteiger partial charge in [0.25, 0.3) is 0 Å². The van der Waals surface area contributed by atoms with Crippen molar-refractivity contribution < 1.29 is 27.0 Å². The molecular formula is C18H22F4N4O2. The quantitative estimate of drug-likeness (QED) is 0.752. The van der Waals surface area contributed by atoms with Gasteiger partial charge in [0.05, 0.1) is 6.10 Å². The summed E-state index contributed by atoms with van der Waals surface area (Å²) >= 11 is 0. The first-order valence-corrected chi connectivity index (χ1v) is 8.92. The second-order valence-corrected chi connectivity index (χ2v) is 6.85. The molecule has 1 saturated carbocycles. The van der Waals surface area contributed by atoms with Gasteiger partial charge in [-0.1, -0.05) is 6.07 Å². The van der Waals surface area contributed by atoms with Crippen LogP contribution in [-0.4, -0.2) is 40.2 Å². The number of rotatable bonds is 6. The molecule has 6 nitrogen and oxygen atoms in total. The predicted octanol–water partition coefficient (Wildman–Crippen LogP) is 3.17. The van der Waals surface area contributed by atoms with Crippen LogP contribution in [0.25, 0.3) is 0 Å². The number of alkyl halides is 3. The second kappa shape index (κ2) is 8.44. The molecule has 0 amide bonds. The zero-order chi connectivity index (χ0) is 20.3. The van der Waals surface area contributed by atoms with E-state index in [-0.39, 0.29) is 42.1 Å². The fourth-order valence-corrected chi connectivity index (χ4v) is 3.42. The summed E-state index contributed by atoms with van der Waals surface area (Å²) in [6.07, 6.45) is -2.99. The fourth-order valence-electron chi connectivity index (χ4n) is 3.42. The van der Waals surface area contributed by atoms with Crippen LogP contribution in [0.1, 0.15) is 36.8 Å². The van der Waals surface area contributed by atoms with E-state index in [1.165, 1.54) is 25.3 Å². The normalized spacial score (nSPS) is 23.0. The van der Waals surface area contributed by atoms with Gasteiger partial charge in [-0.05, 0) is 31.4 Å². The lowest BCUT2D eigenvalue weighted by Crippen LogP contribution is -2.41. The molecule has 154 valence electrons. The fraction of sp³-hybridized carbons (Fsp3) is 0.556. The average Bonchev–Trinajstić information content (AvgIpc) is 3.01. The van der Waals surface area contributed by atoms with Crippen LogP contribution in [0.5, 0.6) is 5.75 Å². The van der Waals surface area contributed by atoms with Crippen LogP contribution in [-0.2, 0) is 17.9 Å². The number of hydrogen-bond acceptors (Lipinski definition) is 5. The van der Waals surface area contributed by atoms with Crippen molar-refractivity contribution in [3.8, 4) is 5.75 Å². The lowest BCUT2D eigenvalue weighted by molar-refractivity contribution is -0.143. The summed E-state index contributed by atoms with van der Waals surface area (Å²) in [5.74, 6) is -0.131. The van der Waals surface area contributed by atoms with E-state index in [0.29, 0.717) is 19.3 Å². The van der Waals surface area contributed by atoms with Crippen molar-refractivity contribution in [1.82, 2.24) is 14.8 Å². The van der Waals surface area contributed by atoms with E-state index in [0.717, 1.165) is 4.68 Å². The molecule has 0 spiro atoms. The van der Waals surface area contributed by atoms with E-state index in [2.05, 4.69) is 10.1 Å². The van der Waals surface area contributed by atoms with Crippen LogP contribution < -0.4 is 10.5 Å². The standard InChI is InChI=1S/C18H22F4N4O2/c1-27-15-7-11(5-6-14(15)23)17-24-16(25-26(17)10-18(20,21)22)9-28-13-4-2-3-12(19)8-13/h2-4,8,11,14-15H,5-7,9-10,23H2,1H3/t11-,14-,15-/m0/s1. The Labute approximate surface area is 159 Å². The first kappa shape index (κ1) is 20.5. The highest BCUT2D eigenvalue weighted by molar-refractivity contribution is 5.22. The smallest absolute Gasteiger partial charge is 0.408 e. The number of methoxy groups -OCH3 is 1. The van der Waals surface area contributed by atoms with Crippen LogP contribution in [0.3, 0.4) is 0 Å². The molecule has 0 radical (unpaired) electrons. The third-order valence-corrected chi connectivity index (χ3v) is 4.75. The molecule has 1 aromatic heterocycles. The highest BCUT2D eigenvalue weighted by Gasteiger charge is 2.35. The zero-order valence-electron chi connectivity index (χ0n) is 15.3. The van der Waals surface area contributed by atoms with Crippen LogP contribution in [0.15, 0.2) is 24.3 Å². The molecule has 2 N–H and O–H groups in total. The first-order valence-electron chi connectivity index (χ1n) is 8.92. The first-order chi connectivity index (χ1) is 13.2. The molecular weight excluding hydrogens is 380 g/mol. The molecule has 1 aromatic carbocycles. The molecule has 0 saturated heterocycles. The molecule has 1 fully saturated rings. The van der Waals surface area contributed by atoms with Gasteiger partial charge in [0.2, 0.25) is 0 Å². The van der Waals surface area contributed by atoms with Crippen LogP contribution in [0, 0.1) is 5.82 Å². The van der Waals surface area contributed by atoms with Gasteiger partial charge in [-0.3, -0.25) is 0 Å². The van der Waals surface area contributed by atoms with Crippen molar-refractivity contribution in [2.24, 2.45) is 5.73 Å². The van der Waals surface area contributed by atoms with Crippen LogP contribution >= 0.6 is 0 Å². The molecule has 28 heavy (non-hydrogen) atoms. The Balaban J connectivity index is 1.79. The highest BCUT2D eigenvalue weighted by Crippen LogP contribution is 2.34. The number of aromatic nitrogens is 3. The lowest BCUT2D eigenvalue weighted by atomic mass is 9.83. The Bertz CT molecular complexity index is 796. The summed E-state index contributed by atoms with van der Waals surface area (Å²) < 4.78 is 63.8. The molecule has 0 aliphatic heterocycles. The van der Waals surface area contributed by atoms with E-state index < -0.39 is 18.5 Å². The van der Waals surface area contributed by atoms with Gasteiger partial charge in [0.1, 0.15) is 30.5 Å². The number of nitrogens with two attached hydrogens (primary N) is 1. The van der Waals surface area contributed by atoms with Gasteiger partial charge in [0.15, 0.2) is 5.82 Å². The van der Waals surface area contributed by atoms with E-state index in [4.69, 9.17) is 15.2 Å². The number of nitrogens with zero attached hydrogens (tertiary/aromatic N) is 3. The van der Waals surface area contributed by atoms with Crippen molar-refractivity contribution >= 4 is 0 Å². The molecule has 0 bridgehead atoms. The molecule has 3 rings (SSSR count). The molecule has 3 atom stereocenters. The summed E-state index contributed by atoms with van der Waals surface area (Å²) in [6, 6.07) is 5.31. The molecule has 1 heterocycles. The van der Waals surface area contributed by atoms with Gasteiger partial charge in [-0.25, -0.2) is 14.1 Å². The number of ether oxygens (including phenoxy) is 2. The summed E-state index contributed by atoms with van der Waals surface area (Å²) in [5.41, 5.74) is 6.00. The van der Waals surface area contributed by atoms with Crippen molar-refractivity contribution in [2.75, 3.05) is 7.11 Å². The third kappa shape index (κ3) is 5.20. The molecule has 0 unspecified atom stereocenters. The summed E-state index contributed by atoms with van der Waals surface area (Å²) in [5, 5.41) is 3.97. The Morgan fingerprint density at radius 1 is 1.29 bits per heavy atom. The van der Waals surface area contributed by atoms with Crippen molar-refractivity contribution in [1.29, 1.82) is 0 Å². The SMILES string of the molecule is CO[C@H]1C[C@@H](c2nc(COc3cccc(F)c3)nn2CC(F)(F)F)CC[C@@H]1N. The molecule has 1 aliphatic rings. The van der Waals surface area contributed by atoms with Gasteiger partial charge >= 0.3 is 6.18 Å². The number of halogens is 4. The average molecular weight is 402 g/mol.